The molecule has 1 unspecified atom stereocenters. The number of anilines is 3. The zero-order chi connectivity index (χ0) is 15.2. The Morgan fingerprint density at radius 3 is 2.62 bits per heavy atom. The summed E-state index contributed by atoms with van der Waals surface area (Å²) in [4.78, 5) is 17.8. The quantitative estimate of drug-likeness (QED) is 0.609. The van der Waals surface area contributed by atoms with Crippen LogP contribution in [-0.2, 0) is 0 Å². The van der Waals surface area contributed by atoms with Crippen molar-refractivity contribution in [1.82, 2.24) is 15.0 Å². The standard InChI is InChI=1S/C14H27N7/c1-4-11-8-7-9-21(10-11)14-17-12(19-15)16-13(18-14)20(5-2)6-3/h11H,4-10,15H2,1-3H3,(H,16,17,18,19). The predicted octanol–water partition coefficient (Wildman–Crippen LogP) is 1.63. The highest BCUT2D eigenvalue weighted by Gasteiger charge is 2.22. The SMILES string of the molecule is CCC1CCCN(c2nc(NN)nc(N(CC)CC)n2)C1. The van der Waals surface area contributed by atoms with Crippen molar-refractivity contribution in [3.05, 3.63) is 0 Å². The first-order valence-electron chi connectivity index (χ1n) is 7.94. The minimum absolute atomic E-state index is 0.431. The van der Waals surface area contributed by atoms with Gasteiger partial charge in [-0.3, -0.25) is 5.43 Å². The second kappa shape index (κ2) is 7.40. The minimum atomic E-state index is 0.431. The van der Waals surface area contributed by atoms with Gasteiger partial charge in [-0.15, -0.1) is 0 Å². The van der Waals surface area contributed by atoms with Crippen LogP contribution in [0.25, 0.3) is 0 Å². The lowest BCUT2D eigenvalue weighted by molar-refractivity contribution is 0.401. The highest BCUT2D eigenvalue weighted by Crippen LogP contribution is 2.24. The van der Waals surface area contributed by atoms with Crippen LogP contribution in [0, 0.1) is 5.92 Å². The molecule has 0 aromatic carbocycles. The summed E-state index contributed by atoms with van der Waals surface area (Å²) < 4.78 is 0. The smallest absolute Gasteiger partial charge is 0.243 e. The van der Waals surface area contributed by atoms with E-state index in [9.17, 15) is 0 Å². The topological polar surface area (TPSA) is 83.2 Å². The van der Waals surface area contributed by atoms with Crippen LogP contribution in [0.4, 0.5) is 17.8 Å². The predicted molar refractivity (Wildman–Crippen MR) is 86.4 cm³/mol. The first-order valence-corrected chi connectivity index (χ1v) is 7.94. The van der Waals surface area contributed by atoms with Gasteiger partial charge in [0.1, 0.15) is 0 Å². The van der Waals surface area contributed by atoms with Gasteiger partial charge >= 0.3 is 0 Å². The molecule has 1 saturated heterocycles. The molecule has 0 spiro atoms. The lowest BCUT2D eigenvalue weighted by Gasteiger charge is -2.32. The van der Waals surface area contributed by atoms with Crippen molar-refractivity contribution in [2.24, 2.45) is 11.8 Å². The van der Waals surface area contributed by atoms with Crippen LogP contribution in [0.5, 0.6) is 0 Å². The van der Waals surface area contributed by atoms with Crippen LogP contribution in [0.3, 0.4) is 0 Å². The molecule has 1 fully saturated rings. The molecule has 0 saturated carbocycles. The zero-order valence-electron chi connectivity index (χ0n) is 13.3. The van der Waals surface area contributed by atoms with Crippen LogP contribution < -0.4 is 21.1 Å². The fraction of sp³-hybridized carbons (Fsp3) is 0.786. The fourth-order valence-corrected chi connectivity index (χ4v) is 2.79. The summed E-state index contributed by atoms with van der Waals surface area (Å²) in [6.07, 6.45) is 3.69. The molecule has 7 heteroatoms. The highest BCUT2D eigenvalue weighted by atomic mass is 15.4. The molecule has 1 aliphatic rings. The molecule has 2 rings (SSSR count). The third-order valence-corrected chi connectivity index (χ3v) is 4.17. The van der Waals surface area contributed by atoms with E-state index in [2.05, 4.69) is 50.9 Å². The number of hydrogen-bond acceptors (Lipinski definition) is 7. The first kappa shape index (κ1) is 15.8. The van der Waals surface area contributed by atoms with Crippen molar-refractivity contribution in [3.63, 3.8) is 0 Å². The molecular weight excluding hydrogens is 266 g/mol. The van der Waals surface area contributed by atoms with Crippen molar-refractivity contribution in [2.75, 3.05) is 41.4 Å². The van der Waals surface area contributed by atoms with Crippen LogP contribution >= 0.6 is 0 Å². The van der Waals surface area contributed by atoms with Crippen molar-refractivity contribution < 1.29 is 0 Å². The number of piperidine rings is 1. The van der Waals surface area contributed by atoms with E-state index in [1.54, 1.807) is 0 Å². The number of nitrogens with zero attached hydrogens (tertiary/aromatic N) is 5. The minimum Gasteiger partial charge on any atom is -0.341 e. The summed E-state index contributed by atoms with van der Waals surface area (Å²) in [6, 6.07) is 0. The Bertz CT molecular complexity index is 447. The van der Waals surface area contributed by atoms with Gasteiger partial charge in [0.15, 0.2) is 0 Å². The largest absolute Gasteiger partial charge is 0.341 e. The van der Waals surface area contributed by atoms with Gasteiger partial charge < -0.3 is 9.80 Å². The molecule has 1 aliphatic heterocycles. The van der Waals surface area contributed by atoms with Crippen molar-refractivity contribution in [2.45, 2.75) is 40.0 Å². The van der Waals surface area contributed by atoms with Crippen LogP contribution in [0.1, 0.15) is 40.0 Å². The Hall–Kier alpha value is -1.63. The maximum atomic E-state index is 5.51. The molecule has 1 aromatic heterocycles. The van der Waals surface area contributed by atoms with E-state index in [-0.39, 0.29) is 0 Å². The summed E-state index contributed by atoms with van der Waals surface area (Å²) in [5, 5.41) is 0. The highest BCUT2D eigenvalue weighted by molar-refractivity contribution is 5.45. The van der Waals surface area contributed by atoms with E-state index in [1.165, 1.54) is 19.3 Å². The number of hydrogen-bond donors (Lipinski definition) is 2. The van der Waals surface area contributed by atoms with Crippen molar-refractivity contribution in [3.8, 4) is 0 Å². The molecule has 7 nitrogen and oxygen atoms in total. The van der Waals surface area contributed by atoms with E-state index in [4.69, 9.17) is 5.84 Å². The third-order valence-electron chi connectivity index (χ3n) is 4.17. The Morgan fingerprint density at radius 1 is 1.24 bits per heavy atom. The summed E-state index contributed by atoms with van der Waals surface area (Å²) in [5.41, 5.74) is 2.56. The molecule has 0 amide bonds. The Labute approximate surface area is 126 Å². The summed E-state index contributed by atoms with van der Waals surface area (Å²) in [5.74, 6) is 8.09. The van der Waals surface area contributed by atoms with Gasteiger partial charge in [-0.05, 0) is 32.6 Å². The Kier molecular flexibility index (Phi) is 5.55. The molecular formula is C14H27N7. The van der Waals surface area contributed by atoms with E-state index in [1.807, 2.05) is 0 Å². The van der Waals surface area contributed by atoms with Crippen LogP contribution in [0.15, 0.2) is 0 Å². The Morgan fingerprint density at radius 2 is 2.00 bits per heavy atom. The monoisotopic (exact) mass is 293 g/mol. The molecule has 0 aliphatic carbocycles. The maximum absolute atomic E-state index is 5.51. The normalized spacial score (nSPS) is 18.7. The number of aromatic nitrogens is 3. The van der Waals surface area contributed by atoms with Crippen LogP contribution in [0.2, 0.25) is 0 Å². The molecule has 1 aromatic rings. The van der Waals surface area contributed by atoms with E-state index in [0.717, 1.165) is 38.0 Å². The van der Waals surface area contributed by atoms with Gasteiger partial charge in [0.05, 0.1) is 0 Å². The number of nitrogen functional groups attached to an aromatic ring is 1. The molecule has 0 bridgehead atoms. The van der Waals surface area contributed by atoms with Crippen molar-refractivity contribution >= 4 is 17.8 Å². The fourth-order valence-electron chi connectivity index (χ4n) is 2.79. The van der Waals surface area contributed by atoms with Crippen molar-refractivity contribution in [1.29, 1.82) is 0 Å². The number of nitrogens with two attached hydrogens (primary N) is 1. The summed E-state index contributed by atoms with van der Waals surface area (Å²) >= 11 is 0. The van der Waals surface area contributed by atoms with Gasteiger partial charge in [0.2, 0.25) is 17.8 Å². The lowest BCUT2D eigenvalue weighted by Crippen LogP contribution is -2.37. The Balaban J connectivity index is 2.27. The van der Waals surface area contributed by atoms with E-state index < -0.39 is 0 Å². The summed E-state index contributed by atoms with van der Waals surface area (Å²) in [7, 11) is 0. The van der Waals surface area contributed by atoms with E-state index in [0.29, 0.717) is 11.9 Å². The molecule has 1 atom stereocenters. The molecule has 0 radical (unpaired) electrons. The van der Waals surface area contributed by atoms with Gasteiger partial charge in [-0.2, -0.15) is 15.0 Å². The molecule has 2 heterocycles. The molecule has 118 valence electrons. The maximum Gasteiger partial charge on any atom is 0.243 e. The lowest BCUT2D eigenvalue weighted by atomic mass is 9.96. The summed E-state index contributed by atoms with van der Waals surface area (Å²) in [6.45, 7) is 10.2. The molecule has 3 N–H and O–H groups in total. The average Bonchev–Trinajstić information content (AvgIpc) is 2.55. The second-order valence-electron chi connectivity index (χ2n) is 5.44. The van der Waals surface area contributed by atoms with Gasteiger partial charge in [-0.25, -0.2) is 5.84 Å². The number of hydrazine groups is 1. The van der Waals surface area contributed by atoms with Gasteiger partial charge in [0.25, 0.3) is 0 Å². The zero-order valence-corrected chi connectivity index (χ0v) is 13.3. The number of rotatable bonds is 6. The van der Waals surface area contributed by atoms with Gasteiger partial charge in [0, 0.05) is 26.2 Å². The van der Waals surface area contributed by atoms with E-state index >= 15 is 0 Å². The van der Waals surface area contributed by atoms with Gasteiger partial charge in [-0.1, -0.05) is 13.3 Å². The van der Waals surface area contributed by atoms with Crippen LogP contribution in [-0.4, -0.2) is 41.1 Å². The number of nitrogens with one attached hydrogen (secondary N) is 1. The average molecular weight is 293 g/mol. The molecule has 21 heavy (non-hydrogen) atoms. The third kappa shape index (κ3) is 3.72. The first-order chi connectivity index (χ1) is 10.2. The second-order valence-corrected chi connectivity index (χ2v) is 5.44.